The molecule has 1 saturated heterocycles. The molecule has 2 heterocycles. The molecule has 0 bridgehead atoms. The third-order valence-corrected chi connectivity index (χ3v) is 5.00. The summed E-state index contributed by atoms with van der Waals surface area (Å²) >= 11 is 0. The second kappa shape index (κ2) is 7.84. The van der Waals surface area contributed by atoms with Crippen LogP contribution in [0.2, 0.25) is 0 Å². The number of hydrogen-bond donors (Lipinski definition) is 0. The number of carbonyl (C=O) groups is 1. The Hall–Kier alpha value is -2.79. The highest BCUT2D eigenvalue weighted by Crippen LogP contribution is 2.30. The fourth-order valence-electron chi connectivity index (χ4n) is 3.47. The van der Waals surface area contributed by atoms with Gasteiger partial charge in [-0.1, -0.05) is 12.1 Å². The molecule has 0 radical (unpaired) electrons. The smallest absolute Gasteiger partial charge is 0.176 e. The monoisotopic (exact) mass is 364 g/mol. The number of anilines is 1. The SMILES string of the molecule is Cc1cccc(N2CCN(CC(=O)c3ccc4c(c3)OCC=CO4)CC2)c1. The zero-order valence-electron chi connectivity index (χ0n) is 15.6. The maximum Gasteiger partial charge on any atom is 0.176 e. The second-order valence-corrected chi connectivity index (χ2v) is 6.99. The van der Waals surface area contributed by atoms with Crippen LogP contribution >= 0.6 is 0 Å². The summed E-state index contributed by atoms with van der Waals surface area (Å²) in [5.74, 6) is 1.38. The van der Waals surface area contributed by atoms with Gasteiger partial charge in [-0.05, 0) is 48.9 Å². The van der Waals surface area contributed by atoms with Gasteiger partial charge in [0.2, 0.25) is 0 Å². The average molecular weight is 364 g/mol. The summed E-state index contributed by atoms with van der Waals surface area (Å²) in [4.78, 5) is 17.3. The molecule has 0 saturated carbocycles. The van der Waals surface area contributed by atoms with Gasteiger partial charge in [0.05, 0.1) is 12.8 Å². The molecular weight excluding hydrogens is 340 g/mol. The number of carbonyl (C=O) groups excluding carboxylic acids is 1. The van der Waals surface area contributed by atoms with Crippen molar-refractivity contribution in [3.05, 3.63) is 65.9 Å². The van der Waals surface area contributed by atoms with Gasteiger partial charge in [0, 0.05) is 37.4 Å². The maximum atomic E-state index is 12.7. The predicted octanol–water partition coefficient (Wildman–Crippen LogP) is 3.28. The van der Waals surface area contributed by atoms with Crippen LogP contribution in [0.3, 0.4) is 0 Å². The van der Waals surface area contributed by atoms with E-state index in [2.05, 4.69) is 41.0 Å². The molecule has 1 fully saturated rings. The number of piperazine rings is 1. The van der Waals surface area contributed by atoms with E-state index >= 15 is 0 Å². The molecule has 0 amide bonds. The molecular formula is C22H24N2O3. The molecule has 0 atom stereocenters. The van der Waals surface area contributed by atoms with E-state index < -0.39 is 0 Å². The number of aryl methyl sites for hydroxylation is 1. The lowest BCUT2D eigenvalue weighted by Crippen LogP contribution is -2.48. The largest absolute Gasteiger partial charge is 0.485 e. The lowest BCUT2D eigenvalue weighted by Gasteiger charge is -2.35. The Kier molecular flexibility index (Phi) is 5.12. The van der Waals surface area contributed by atoms with Gasteiger partial charge in [-0.15, -0.1) is 0 Å². The Bertz CT molecular complexity index is 854. The number of ketones is 1. The molecule has 5 heteroatoms. The third-order valence-electron chi connectivity index (χ3n) is 5.00. The van der Waals surface area contributed by atoms with Crippen LogP contribution < -0.4 is 14.4 Å². The normalized spacial score (nSPS) is 16.9. The number of fused-ring (bicyclic) bond motifs is 1. The van der Waals surface area contributed by atoms with Crippen LogP contribution in [0.25, 0.3) is 0 Å². The minimum absolute atomic E-state index is 0.114. The van der Waals surface area contributed by atoms with Crippen molar-refractivity contribution in [2.75, 3.05) is 44.2 Å². The van der Waals surface area contributed by atoms with E-state index in [0.717, 1.165) is 26.2 Å². The van der Waals surface area contributed by atoms with Gasteiger partial charge in [0.1, 0.15) is 6.61 Å². The molecule has 2 aliphatic rings. The molecule has 2 aromatic rings. The van der Waals surface area contributed by atoms with E-state index in [-0.39, 0.29) is 5.78 Å². The lowest BCUT2D eigenvalue weighted by atomic mass is 10.1. The zero-order chi connectivity index (χ0) is 18.6. The van der Waals surface area contributed by atoms with Gasteiger partial charge in [-0.2, -0.15) is 0 Å². The van der Waals surface area contributed by atoms with E-state index in [1.54, 1.807) is 24.5 Å². The molecule has 2 aromatic carbocycles. The first-order valence-electron chi connectivity index (χ1n) is 9.35. The molecule has 5 nitrogen and oxygen atoms in total. The van der Waals surface area contributed by atoms with Gasteiger partial charge in [-0.3, -0.25) is 9.69 Å². The van der Waals surface area contributed by atoms with Crippen LogP contribution in [0.15, 0.2) is 54.8 Å². The van der Waals surface area contributed by atoms with Crippen LogP contribution in [-0.2, 0) is 0 Å². The summed E-state index contributed by atoms with van der Waals surface area (Å²) in [6.07, 6.45) is 3.41. The highest BCUT2D eigenvalue weighted by Gasteiger charge is 2.21. The van der Waals surface area contributed by atoms with Crippen molar-refractivity contribution < 1.29 is 14.3 Å². The minimum Gasteiger partial charge on any atom is -0.485 e. The van der Waals surface area contributed by atoms with E-state index in [4.69, 9.17) is 9.47 Å². The van der Waals surface area contributed by atoms with Crippen molar-refractivity contribution in [3.8, 4) is 11.5 Å². The first kappa shape index (κ1) is 17.6. The summed E-state index contributed by atoms with van der Waals surface area (Å²) in [6, 6.07) is 14.0. The minimum atomic E-state index is 0.114. The Morgan fingerprint density at radius 2 is 1.89 bits per heavy atom. The summed E-state index contributed by atoms with van der Waals surface area (Å²) in [7, 11) is 0. The van der Waals surface area contributed by atoms with Crippen molar-refractivity contribution in [2.24, 2.45) is 0 Å². The molecule has 2 aliphatic heterocycles. The van der Waals surface area contributed by atoms with Crippen LogP contribution in [0, 0.1) is 6.92 Å². The Labute approximate surface area is 159 Å². The number of rotatable bonds is 4. The number of hydrogen-bond acceptors (Lipinski definition) is 5. The summed E-state index contributed by atoms with van der Waals surface area (Å²) in [5, 5.41) is 0. The van der Waals surface area contributed by atoms with E-state index in [9.17, 15) is 4.79 Å². The van der Waals surface area contributed by atoms with Crippen molar-refractivity contribution >= 4 is 11.5 Å². The summed E-state index contributed by atoms with van der Waals surface area (Å²) in [5.41, 5.74) is 3.20. The van der Waals surface area contributed by atoms with Gasteiger partial charge in [0.15, 0.2) is 17.3 Å². The zero-order valence-corrected chi connectivity index (χ0v) is 15.6. The Balaban J connectivity index is 1.35. The average Bonchev–Trinajstić information content (AvgIpc) is 2.93. The fraction of sp³-hybridized carbons (Fsp3) is 0.318. The van der Waals surface area contributed by atoms with Crippen LogP contribution in [0.1, 0.15) is 15.9 Å². The number of ether oxygens (including phenoxy) is 2. The molecule has 140 valence electrons. The molecule has 0 spiro atoms. The number of nitrogens with zero attached hydrogens (tertiary/aromatic N) is 2. The summed E-state index contributed by atoms with van der Waals surface area (Å²) < 4.78 is 11.1. The van der Waals surface area contributed by atoms with Crippen molar-refractivity contribution in [3.63, 3.8) is 0 Å². The van der Waals surface area contributed by atoms with E-state index in [0.29, 0.717) is 30.2 Å². The van der Waals surface area contributed by atoms with Crippen molar-refractivity contribution in [1.29, 1.82) is 0 Å². The van der Waals surface area contributed by atoms with Gasteiger partial charge >= 0.3 is 0 Å². The topological polar surface area (TPSA) is 42.0 Å². The van der Waals surface area contributed by atoms with E-state index in [1.165, 1.54) is 11.3 Å². The predicted molar refractivity (Wildman–Crippen MR) is 106 cm³/mol. The Morgan fingerprint density at radius 3 is 2.70 bits per heavy atom. The molecule has 4 rings (SSSR count). The van der Waals surface area contributed by atoms with E-state index in [1.807, 2.05) is 6.07 Å². The first-order chi connectivity index (χ1) is 13.2. The van der Waals surface area contributed by atoms with Gasteiger partial charge in [0.25, 0.3) is 0 Å². The highest BCUT2D eigenvalue weighted by molar-refractivity contribution is 5.98. The van der Waals surface area contributed by atoms with Crippen molar-refractivity contribution in [2.45, 2.75) is 6.92 Å². The first-order valence-corrected chi connectivity index (χ1v) is 9.35. The number of Topliss-reactive ketones (excluding diaryl/α,β-unsaturated/α-hetero) is 1. The molecule has 0 aliphatic carbocycles. The maximum absolute atomic E-state index is 12.7. The van der Waals surface area contributed by atoms with Crippen LogP contribution in [0.4, 0.5) is 5.69 Å². The molecule has 0 N–H and O–H groups in total. The standard InChI is InChI=1S/C22H24N2O3/c1-17-4-2-5-19(14-17)24-10-8-23(9-11-24)16-20(25)18-6-7-21-22(15-18)27-13-3-12-26-21/h2-7,12,14-15H,8-11,13,16H2,1H3. The summed E-state index contributed by atoms with van der Waals surface area (Å²) in [6.45, 7) is 6.63. The lowest BCUT2D eigenvalue weighted by molar-refractivity contribution is 0.0926. The van der Waals surface area contributed by atoms with Crippen LogP contribution in [-0.4, -0.2) is 50.0 Å². The van der Waals surface area contributed by atoms with Gasteiger partial charge in [-0.25, -0.2) is 0 Å². The molecule has 0 aromatic heterocycles. The third kappa shape index (κ3) is 4.14. The highest BCUT2D eigenvalue weighted by atomic mass is 16.5. The second-order valence-electron chi connectivity index (χ2n) is 6.99. The molecule has 27 heavy (non-hydrogen) atoms. The quantitative estimate of drug-likeness (QED) is 0.779. The Morgan fingerprint density at radius 1 is 1.04 bits per heavy atom. The fourth-order valence-corrected chi connectivity index (χ4v) is 3.47. The van der Waals surface area contributed by atoms with Gasteiger partial charge < -0.3 is 14.4 Å². The molecule has 0 unspecified atom stereocenters. The van der Waals surface area contributed by atoms with Crippen LogP contribution in [0.5, 0.6) is 11.5 Å². The van der Waals surface area contributed by atoms with Crippen molar-refractivity contribution in [1.82, 2.24) is 4.90 Å². The number of benzene rings is 2.